The minimum Gasteiger partial charge on any atom is -0.399 e. The Kier molecular flexibility index (Phi) is 4.07. The molecule has 106 valence electrons. The van der Waals surface area contributed by atoms with Gasteiger partial charge in [0.2, 0.25) is 10.0 Å². The van der Waals surface area contributed by atoms with Crippen molar-refractivity contribution in [2.75, 3.05) is 25.9 Å². The van der Waals surface area contributed by atoms with Gasteiger partial charge < -0.3 is 10.6 Å². The molecule has 19 heavy (non-hydrogen) atoms. The highest BCUT2D eigenvalue weighted by Gasteiger charge is 2.25. The predicted molar refractivity (Wildman–Crippen MR) is 71.7 cm³/mol. The predicted octanol–water partition coefficient (Wildman–Crippen LogP) is 0.780. The number of hydrogen-bond acceptors (Lipinski definition) is 4. The van der Waals surface area contributed by atoms with Gasteiger partial charge in [-0.2, -0.15) is 0 Å². The topological polar surface area (TPSA) is 75.4 Å². The van der Waals surface area contributed by atoms with Gasteiger partial charge in [0.1, 0.15) is 10.7 Å². The first kappa shape index (κ1) is 14.2. The van der Waals surface area contributed by atoms with Gasteiger partial charge in [-0.3, -0.25) is 0 Å². The van der Waals surface area contributed by atoms with Crippen LogP contribution in [0.4, 0.5) is 10.1 Å². The fourth-order valence-electron chi connectivity index (χ4n) is 2.14. The molecule has 2 rings (SSSR count). The molecule has 0 saturated carbocycles. The van der Waals surface area contributed by atoms with E-state index in [-0.39, 0.29) is 16.6 Å². The second kappa shape index (κ2) is 5.44. The molecule has 7 heteroatoms. The summed E-state index contributed by atoms with van der Waals surface area (Å²) >= 11 is 0. The van der Waals surface area contributed by atoms with Crippen molar-refractivity contribution in [3.8, 4) is 0 Å². The van der Waals surface area contributed by atoms with Crippen LogP contribution in [0.25, 0.3) is 0 Å². The molecule has 5 nitrogen and oxygen atoms in total. The molecule has 0 radical (unpaired) electrons. The van der Waals surface area contributed by atoms with E-state index in [0.29, 0.717) is 0 Å². The number of nitrogens with zero attached hydrogens (tertiary/aromatic N) is 1. The van der Waals surface area contributed by atoms with Crippen LogP contribution >= 0.6 is 0 Å². The van der Waals surface area contributed by atoms with E-state index < -0.39 is 15.8 Å². The monoisotopic (exact) mass is 287 g/mol. The first-order valence-electron chi connectivity index (χ1n) is 6.14. The smallest absolute Gasteiger partial charge is 0.243 e. The number of nitrogens with one attached hydrogen (secondary N) is 1. The molecule has 0 aliphatic carbocycles. The number of likely N-dealkylation sites (tertiary alicyclic amines) is 1. The summed E-state index contributed by atoms with van der Waals surface area (Å²) in [5, 5.41) is 0. The van der Waals surface area contributed by atoms with Crippen LogP contribution in [0.3, 0.4) is 0 Å². The molecule has 1 heterocycles. The maximum atomic E-state index is 13.7. The maximum absolute atomic E-state index is 13.7. The zero-order valence-corrected chi connectivity index (χ0v) is 11.6. The van der Waals surface area contributed by atoms with Crippen molar-refractivity contribution in [2.24, 2.45) is 0 Å². The molecule has 1 aromatic carbocycles. The Balaban J connectivity index is 2.14. The molecule has 0 atom stereocenters. The number of sulfonamides is 1. The van der Waals surface area contributed by atoms with Crippen molar-refractivity contribution in [1.29, 1.82) is 0 Å². The zero-order chi connectivity index (χ0) is 14.0. The lowest BCUT2D eigenvalue weighted by molar-refractivity contribution is 0.248. The Morgan fingerprint density at radius 2 is 2.00 bits per heavy atom. The number of anilines is 1. The normalized spacial score (nSPS) is 18.6. The van der Waals surface area contributed by atoms with Crippen LogP contribution in [0.2, 0.25) is 0 Å². The van der Waals surface area contributed by atoms with E-state index in [2.05, 4.69) is 9.62 Å². The Hall–Kier alpha value is -1.18. The fourth-order valence-corrected chi connectivity index (χ4v) is 3.51. The molecule has 0 aromatic heterocycles. The SMILES string of the molecule is CN1CCC(NS(=O)(=O)c2ccc(N)cc2F)CC1. The summed E-state index contributed by atoms with van der Waals surface area (Å²) < 4.78 is 40.4. The average Bonchev–Trinajstić information content (AvgIpc) is 2.31. The summed E-state index contributed by atoms with van der Waals surface area (Å²) in [6.45, 7) is 1.66. The minimum absolute atomic E-state index is 0.141. The van der Waals surface area contributed by atoms with Crippen molar-refractivity contribution in [1.82, 2.24) is 9.62 Å². The molecule has 0 amide bonds. The minimum atomic E-state index is -3.82. The van der Waals surface area contributed by atoms with Gasteiger partial charge in [-0.05, 0) is 51.2 Å². The quantitative estimate of drug-likeness (QED) is 0.806. The van der Waals surface area contributed by atoms with E-state index in [0.717, 1.165) is 32.0 Å². The molecular weight excluding hydrogens is 269 g/mol. The molecule has 3 N–H and O–H groups in total. The van der Waals surface area contributed by atoms with E-state index in [4.69, 9.17) is 5.73 Å². The summed E-state index contributed by atoms with van der Waals surface area (Å²) in [5.41, 5.74) is 5.61. The van der Waals surface area contributed by atoms with Gasteiger partial charge in [-0.1, -0.05) is 0 Å². The van der Waals surface area contributed by atoms with Crippen molar-refractivity contribution >= 4 is 15.7 Å². The molecule has 0 unspecified atom stereocenters. The first-order chi connectivity index (χ1) is 8.88. The summed E-state index contributed by atoms with van der Waals surface area (Å²) in [6.07, 6.45) is 1.46. The van der Waals surface area contributed by atoms with Crippen LogP contribution in [0.15, 0.2) is 23.1 Å². The third kappa shape index (κ3) is 3.43. The van der Waals surface area contributed by atoms with Gasteiger partial charge in [0.15, 0.2) is 0 Å². The highest BCUT2D eigenvalue weighted by atomic mass is 32.2. The van der Waals surface area contributed by atoms with E-state index in [1.54, 1.807) is 0 Å². The van der Waals surface area contributed by atoms with Crippen molar-refractivity contribution in [3.05, 3.63) is 24.0 Å². The Labute approximate surface area is 112 Å². The van der Waals surface area contributed by atoms with E-state index >= 15 is 0 Å². The lowest BCUT2D eigenvalue weighted by atomic mass is 10.1. The number of hydrogen-bond donors (Lipinski definition) is 2. The third-order valence-corrected chi connectivity index (χ3v) is 4.84. The van der Waals surface area contributed by atoms with Crippen molar-refractivity contribution in [3.63, 3.8) is 0 Å². The standard InChI is InChI=1S/C12H18FN3O2S/c1-16-6-4-10(5-7-16)15-19(17,18)12-3-2-9(14)8-11(12)13/h2-3,8,10,15H,4-7,14H2,1H3. The lowest BCUT2D eigenvalue weighted by Crippen LogP contribution is -2.43. The van der Waals surface area contributed by atoms with Gasteiger partial charge in [0.05, 0.1) is 0 Å². The summed E-state index contributed by atoms with van der Waals surface area (Å²) in [6, 6.07) is 3.45. The lowest BCUT2D eigenvalue weighted by Gasteiger charge is -2.29. The van der Waals surface area contributed by atoms with Crippen LogP contribution in [0, 0.1) is 5.82 Å². The van der Waals surface area contributed by atoms with E-state index in [9.17, 15) is 12.8 Å². The maximum Gasteiger partial charge on any atom is 0.243 e. The number of halogens is 1. The Bertz CT molecular complexity index is 554. The van der Waals surface area contributed by atoms with E-state index in [1.807, 2.05) is 7.05 Å². The van der Waals surface area contributed by atoms with Crippen LogP contribution < -0.4 is 10.5 Å². The zero-order valence-electron chi connectivity index (χ0n) is 10.8. The third-order valence-electron chi connectivity index (χ3n) is 3.29. The first-order valence-corrected chi connectivity index (χ1v) is 7.63. The van der Waals surface area contributed by atoms with Crippen LogP contribution in [0.5, 0.6) is 0 Å². The van der Waals surface area contributed by atoms with Crippen LogP contribution in [-0.2, 0) is 10.0 Å². The van der Waals surface area contributed by atoms with Crippen LogP contribution in [-0.4, -0.2) is 39.5 Å². The molecule has 1 aliphatic heterocycles. The van der Waals surface area contributed by atoms with Gasteiger partial charge in [-0.25, -0.2) is 17.5 Å². The Morgan fingerprint density at radius 1 is 1.37 bits per heavy atom. The molecular formula is C12H18FN3O2S. The number of benzene rings is 1. The summed E-state index contributed by atoms with van der Waals surface area (Å²) in [5.74, 6) is -0.819. The molecule has 1 aromatic rings. The largest absolute Gasteiger partial charge is 0.399 e. The number of piperidine rings is 1. The molecule has 1 aliphatic rings. The van der Waals surface area contributed by atoms with Crippen molar-refractivity contribution in [2.45, 2.75) is 23.8 Å². The van der Waals surface area contributed by atoms with Crippen molar-refractivity contribution < 1.29 is 12.8 Å². The second-order valence-corrected chi connectivity index (χ2v) is 6.57. The average molecular weight is 287 g/mol. The highest BCUT2D eigenvalue weighted by Crippen LogP contribution is 2.19. The molecule has 0 spiro atoms. The van der Waals surface area contributed by atoms with Gasteiger partial charge in [0, 0.05) is 11.7 Å². The summed E-state index contributed by atoms with van der Waals surface area (Å²) in [7, 11) is -1.83. The van der Waals surface area contributed by atoms with Gasteiger partial charge in [0.25, 0.3) is 0 Å². The van der Waals surface area contributed by atoms with Crippen LogP contribution in [0.1, 0.15) is 12.8 Å². The fraction of sp³-hybridized carbons (Fsp3) is 0.500. The highest BCUT2D eigenvalue weighted by molar-refractivity contribution is 7.89. The second-order valence-electron chi connectivity index (χ2n) is 4.89. The Morgan fingerprint density at radius 3 is 2.58 bits per heavy atom. The molecule has 1 saturated heterocycles. The summed E-state index contributed by atoms with van der Waals surface area (Å²) in [4.78, 5) is 1.79. The van der Waals surface area contributed by atoms with Gasteiger partial charge >= 0.3 is 0 Å². The molecule has 0 bridgehead atoms. The van der Waals surface area contributed by atoms with Gasteiger partial charge in [-0.15, -0.1) is 0 Å². The number of nitrogen functional groups attached to an aromatic ring is 1. The number of nitrogens with two attached hydrogens (primary N) is 1. The van der Waals surface area contributed by atoms with E-state index in [1.165, 1.54) is 12.1 Å². The number of rotatable bonds is 3. The molecule has 1 fully saturated rings.